The summed E-state index contributed by atoms with van der Waals surface area (Å²) in [4.78, 5) is 17.1. The second-order valence-corrected chi connectivity index (χ2v) is 6.87. The number of carbonyl (C=O) groups excluding carboxylic acids is 1. The Morgan fingerprint density at radius 3 is 2.77 bits per heavy atom. The first-order valence-corrected chi connectivity index (χ1v) is 8.90. The first-order chi connectivity index (χ1) is 12.5. The number of aryl methyl sites for hydroxylation is 1. The van der Waals surface area contributed by atoms with Gasteiger partial charge in [-0.2, -0.15) is 5.26 Å². The smallest absolute Gasteiger partial charge is 0.264 e. The van der Waals surface area contributed by atoms with E-state index in [1.54, 1.807) is 24.3 Å². The SMILES string of the molecule is Cc1ccc(N=C2NC(=O)/C(=C/c3ccc(OCC#N)cc3)S2)cc1Cl. The average molecular weight is 384 g/mol. The van der Waals surface area contributed by atoms with Crippen molar-refractivity contribution in [2.45, 2.75) is 6.92 Å². The van der Waals surface area contributed by atoms with Crippen molar-refractivity contribution in [3.63, 3.8) is 0 Å². The lowest BCUT2D eigenvalue weighted by molar-refractivity contribution is -0.115. The number of halogens is 1. The molecule has 0 bridgehead atoms. The van der Waals surface area contributed by atoms with E-state index in [2.05, 4.69) is 10.3 Å². The largest absolute Gasteiger partial charge is 0.479 e. The molecule has 1 amide bonds. The van der Waals surface area contributed by atoms with Crippen LogP contribution in [-0.4, -0.2) is 17.7 Å². The van der Waals surface area contributed by atoms with Crippen molar-refractivity contribution >= 4 is 46.2 Å². The standard InChI is InChI=1S/C19H14ClN3O2S/c1-12-2-5-14(11-16(12)20)22-19-23-18(24)17(26-19)10-13-3-6-15(7-4-13)25-9-8-21/h2-7,10-11H,9H2,1H3,(H,22,23,24)/b17-10-. The van der Waals surface area contributed by atoms with Crippen LogP contribution in [-0.2, 0) is 4.79 Å². The van der Waals surface area contributed by atoms with Crippen LogP contribution in [0.3, 0.4) is 0 Å². The summed E-state index contributed by atoms with van der Waals surface area (Å²) in [5.74, 6) is 0.410. The Balaban J connectivity index is 1.74. The highest BCUT2D eigenvalue weighted by Gasteiger charge is 2.23. The van der Waals surface area contributed by atoms with Crippen LogP contribution in [0.5, 0.6) is 5.75 Å². The monoisotopic (exact) mass is 383 g/mol. The van der Waals surface area contributed by atoms with Gasteiger partial charge in [-0.25, -0.2) is 4.99 Å². The van der Waals surface area contributed by atoms with E-state index in [9.17, 15) is 4.79 Å². The van der Waals surface area contributed by atoms with Crippen molar-refractivity contribution < 1.29 is 9.53 Å². The van der Waals surface area contributed by atoms with Crippen molar-refractivity contribution in [1.29, 1.82) is 5.26 Å². The van der Waals surface area contributed by atoms with E-state index >= 15 is 0 Å². The quantitative estimate of drug-likeness (QED) is 0.792. The minimum absolute atomic E-state index is 0.00153. The lowest BCUT2D eigenvalue weighted by Crippen LogP contribution is -2.19. The molecule has 0 aromatic heterocycles. The summed E-state index contributed by atoms with van der Waals surface area (Å²) in [5.41, 5.74) is 2.51. The van der Waals surface area contributed by atoms with Crippen LogP contribution in [0.15, 0.2) is 52.4 Å². The van der Waals surface area contributed by atoms with E-state index in [0.29, 0.717) is 26.5 Å². The minimum atomic E-state index is -0.197. The molecule has 3 rings (SSSR count). The first kappa shape index (κ1) is 18.1. The topological polar surface area (TPSA) is 74.5 Å². The molecule has 0 radical (unpaired) electrons. The Morgan fingerprint density at radius 1 is 1.31 bits per heavy atom. The maximum absolute atomic E-state index is 12.1. The Kier molecular flexibility index (Phi) is 5.61. The van der Waals surface area contributed by atoms with Gasteiger partial charge in [-0.05, 0) is 60.2 Å². The number of hydrogen-bond donors (Lipinski definition) is 1. The highest BCUT2D eigenvalue weighted by atomic mass is 35.5. The third-order valence-corrected chi connectivity index (χ3v) is 4.84. The van der Waals surface area contributed by atoms with Gasteiger partial charge in [0.05, 0.1) is 10.6 Å². The summed E-state index contributed by atoms with van der Waals surface area (Å²) in [6, 6.07) is 14.6. The van der Waals surface area contributed by atoms with E-state index in [0.717, 1.165) is 11.1 Å². The van der Waals surface area contributed by atoms with Crippen LogP contribution < -0.4 is 10.1 Å². The molecular formula is C19H14ClN3O2S. The zero-order valence-corrected chi connectivity index (χ0v) is 15.4. The molecule has 0 atom stereocenters. The van der Waals surface area contributed by atoms with Gasteiger partial charge in [0.25, 0.3) is 5.91 Å². The molecule has 130 valence electrons. The normalized spacial score (nSPS) is 16.6. The molecule has 2 aromatic carbocycles. The van der Waals surface area contributed by atoms with E-state index < -0.39 is 0 Å². The molecule has 1 fully saturated rings. The fraction of sp³-hybridized carbons (Fsp3) is 0.105. The number of hydrogen-bond acceptors (Lipinski definition) is 5. The van der Waals surface area contributed by atoms with E-state index in [1.807, 2.05) is 37.3 Å². The summed E-state index contributed by atoms with van der Waals surface area (Å²) >= 11 is 7.38. The van der Waals surface area contributed by atoms with Crippen LogP contribution >= 0.6 is 23.4 Å². The van der Waals surface area contributed by atoms with Crippen molar-refractivity contribution in [2.75, 3.05) is 6.61 Å². The molecule has 26 heavy (non-hydrogen) atoms. The summed E-state index contributed by atoms with van der Waals surface area (Å²) in [7, 11) is 0. The van der Waals surface area contributed by atoms with Gasteiger partial charge in [0.1, 0.15) is 11.8 Å². The predicted octanol–water partition coefficient (Wildman–Crippen LogP) is 4.44. The first-order valence-electron chi connectivity index (χ1n) is 7.71. The third-order valence-electron chi connectivity index (χ3n) is 3.52. The van der Waals surface area contributed by atoms with Gasteiger partial charge in [-0.3, -0.25) is 4.79 Å². The van der Waals surface area contributed by atoms with Crippen molar-refractivity contribution in [1.82, 2.24) is 5.32 Å². The molecule has 5 nitrogen and oxygen atoms in total. The van der Waals surface area contributed by atoms with Crippen molar-refractivity contribution in [2.24, 2.45) is 4.99 Å². The molecule has 1 aliphatic heterocycles. The van der Waals surface area contributed by atoms with Crippen LogP contribution in [0.25, 0.3) is 6.08 Å². The molecule has 1 saturated heterocycles. The fourth-order valence-corrected chi connectivity index (χ4v) is 3.19. The molecule has 0 saturated carbocycles. The molecule has 0 unspecified atom stereocenters. The fourth-order valence-electron chi connectivity index (χ4n) is 2.18. The molecular weight excluding hydrogens is 370 g/mol. The van der Waals surface area contributed by atoms with E-state index in [-0.39, 0.29) is 12.5 Å². The number of carbonyl (C=O) groups is 1. The maximum Gasteiger partial charge on any atom is 0.264 e. The number of benzene rings is 2. The van der Waals surface area contributed by atoms with Gasteiger partial charge < -0.3 is 10.1 Å². The Morgan fingerprint density at radius 2 is 2.08 bits per heavy atom. The second-order valence-electron chi connectivity index (χ2n) is 5.43. The van der Waals surface area contributed by atoms with Crippen molar-refractivity contribution in [3.05, 3.63) is 63.5 Å². The van der Waals surface area contributed by atoms with Crippen LogP contribution in [0, 0.1) is 18.3 Å². The summed E-state index contributed by atoms with van der Waals surface area (Å²) < 4.78 is 5.21. The molecule has 0 spiro atoms. The number of amidine groups is 1. The second kappa shape index (κ2) is 8.09. The van der Waals surface area contributed by atoms with Gasteiger partial charge in [0.2, 0.25) is 0 Å². The molecule has 2 aromatic rings. The lowest BCUT2D eigenvalue weighted by atomic mass is 10.2. The maximum atomic E-state index is 12.1. The number of nitrogens with one attached hydrogen (secondary N) is 1. The Hall–Kier alpha value is -2.75. The molecule has 0 aliphatic carbocycles. The number of nitrogens with zero attached hydrogens (tertiary/aromatic N) is 2. The zero-order valence-electron chi connectivity index (χ0n) is 13.8. The Labute approximate surface area is 160 Å². The van der Waals surface area contributed by atoms with Crippen LogP contribution in [0.2, 0.25) is 5.02 Å². The highest BCUT2D eigenvalue weighted by Crippen LogP contribution is 2.29. The number of thioether (sulfide) groups is 1. The number of ether oxygens (including phenoxy) is 1. The number of rotatable bonds is 4. The molecule has 1 N–H and O–H groups in total. The van der Waals surface area contributed by atoms with Crippen LogP contribution in [0.4, 0.5) is 5.69 Å². The minimum Gasteiger partial charge on any atom is -0.479 e. The van der Waals surface area contributed by atoms with Gasteiger partial charge >= 0.3 is 0 Å². The van der Waals surface area contributed by atoms with Gasteiger partial charge in [0.15, 0.2) is 11.8 Å². The zero-order chi connectivity index (χ0) is 18.5. The highest BCUT2D eigenvalue weighted by molar-refractivity contribution is 8.18. The lowest BCUT2D eigenvalue weighted by Gasteiger charge is -2.01. The summed E-state index contributed by atoms with van der Waals surface area (Å²) in [6.45, 7) is 1.92. The molecule has 7 heteroatoms. The van der Waals surface area contributed by atoms with Gasteiger partial charge in [-0.15, -0.1) is 0 Å². The van der Waals surface area contributed by atoms with Gasteiger partial charge in [0, 0.05) is 5.02 Å². The third kappa shape index (κ3) is 4.45. The van der Waals surface area contributed by atoms with Crippen LogP contribution in [0.1, 0.15) is 11.1 Å². The number of aliphatic imine (C=N–C) groups is 1. The summed E-state index contributed by atoms with van der Waals surface area (Å²) in [6.07, 6.45) is 1.78. The number of nitriles is 1. The van der Waals surface area contributed by atoms with E-state index in [1.165, 1.54) is 11.8 Å². The predicted molar refractivity (Wildman–Crippen MR) is 105 cm³/mol. The van der Waals surface area contributed by atoms with Crippen molar-refractivity contribution in [3.8, 4) is 11.8 Å². The molecule has 1 heterocycles. The Bertz CT molecular complexity index is 946. The average Bonchev–Trinajstić information content (AvgIpc) is 2.96. The van der Waals surface area contributed by atoms with E-state index in [4.69, 9.17) is 21.6 Å². The summed E-state index contributed by atoms with van der Waals surface area (Å²) in [5, 5.41) is 12.4. The number of amides is 1. The van der Waals surface area contributed by atoms with Gasteiger partial charge in [-0.1, -0.05) is 29.8 Å². The molecule has 1 aliphatic rings.